The van der Waals surface area contributed by atoms with E-state index in [2.05, 4.69) is 60.7 Å². The fraction of sp³-hybridized carbons (Fsp3) is 0.138. The summed E-state index contributed by atoms with van der Waals surface area (Å²) in [7, 11) is 0. The standard InChI is InChI=1S/C58H48O8/c59-31-33-61-51-27-23-39-11-1-5-15-43(39)55(51)57-45-17-7-3-13-41(45)25-29-53(57)65-37-35-63-49-21-9-20-48-47(49)19-10-22-50(48)64-36-38-66-54-30-26-42-14-4-8-18-46(42)58(54)56-44-16-6-2-12-40(44)24-28-52(56)62-34-32-60/h1-30,59-60H,31-38H2. The van der Waals surface area contributed by atoms with Crippen molar-refractivity contribution in [3.05, 3.63) is 182 Å². The van der Waals surface area contributed by atoms with E-state index in [-0.39, 0.29) is 39.6 Å². The zero-order valence-corrected chi connectivity index (χ0v) is 36.3. The molecule has 8 heteroatoms. The highest BCUT2D eigenvalue weighted by molar-refractivity contribution is 6.11. The molecular formula is C58H48O8. The van der Waals surface area contributed by atoms with Crippen LogP contribution in [0, 0.1) is 0 Å². The number of benzene rings is 10. The number of fused-ring (bicyclic) bond motifs is 5. The predicted molar refractivity (Wildman–Crippen MR) is 265 cm³/mol. The highest BCUT2D eigenvalue weighted by Crippen LogP contribution is 2.47. The smallest absolute Gasteiger partial charge is 0.128 e. The van der Waals surface area contributed by atoms with Gasteiger partial charge in [-0.15, -0.1) is 0 Å². The molecule has 0 fully saturated rings. The Morgan fingerprint density at radius 3 is 0.788 bits per heavy atom. The fourth-order valence-electron chi connectivity index (χ4n) is 8.94. The lowest BCUT2D eigenvalue weighted by Crippen LogP contribution is -2.11. The van der Waals surface area contributed by atoms with E-state index >= 15 is 0 Å². The van der Waals surface area contributed by atoms with E-state index in [1.165, 1.54) is 0 Å². The molecule has 10 rings (SSSR count). The zero-order valence-electron chi connectivity index (χ0n) is 36.3. The first kappa shape index (κ1) is 42.2. The second-order valence-electron chi connectivity index (χ2n) is 15.8. The Morgan fingerprint density at radius 1 is 0.227 bits per heavy atom. The third-order valence-corrected chi connectivity index (χ3v) is 11.8. The quantitative estimate of drug-likeness (QED) is 0.0823. The largest absolute Gasteiger partial charge is 0.491 e. The summed E-state index contributed by atoms with van der Waals surface area (Å²) in [5.41, 5.74) is 3.69. The van der Waals surface area contributed by atoms with Crippen LogP contribution >= 0.6 is 0 Å². The van der Waals surface area contributed by atoms with Crippen molar-refractivity contribution in [1.29, 1.82) is 0 Å². The second kappa shape index (κ2) is 19.5. The third kappa shape index (κ3) is 8.48. The maximum absolute atomic E-state index is 9.67. The molecule has 0 atom stereocenters. The van der Waals surface area contributed by atoms with Crippen LogP contribution in [0.2, 0.25) is 0 Å². The highest BCUT2D eigenvalue weighted by atomic mass is 16.5. The summed E-state index contributed by atoms with van der Waals surface area (Å²) >= 11 is 0. The molecule has 0 saturated carbocycles. The van der Waals surface area contributed by atoms with Crippen LogP contribution in [0.1, 0.15) is 0 Å². The van der Waals surface area contributed by atoms with Crippen molar-refractivity contribution in [1.82, 2.24) is 0 Å². The Morgan fingerprint density at radius 2 is 0.485 bits per heavy atom. The highest BCUT2D eigenvalue weighted by Gasteiger charge is 2.21. The van der Waals surface area contributed by atoms with E-state index in [4.69, 9.17) is 28.4 Å². The van der Waals surface area contributed by atoms with Crippen LogP contribution < -0.4 is 28.4 Å². The molecule has 0 unspecified atom stereocenters. The number of hydrogen-bond acceptors (Lipinski definition) is 8. The Hall–Kier alpha value is -7.78. The molecule has 0 heterocycles. The minimum absolute atomic E-state index is 0.0936. The van der Waals surface area contributed by atoms with Crippen LogP contribution in [0.3, 0.4) is 0 Å². The van der Waals surface area contributed by atoms with E-state index in [0.29, 0.717) is 36.2 Å². The van der Waals surface area contributed by atoms with Crippen molar-refractivity contribution in [2.45, 2.75) is 0 Å². The van der Waals surface area contributed by atoms with Crippen LogP contribution in [0.15, 0.2) is 182 Å². The number of rotatable bonds is 18. The summed E-state index contributed by atoms with van der Waals surface area (Å²) in [6.07, 6.45) is 0. The minimum Gasteiger partial charge on any atom is -0.491 e. The molecule has 10 aromatic rings. The summed E-state index contributed by atoms with van der Waals surface area (Å²) in [5.74, 6) is 4.22. The third-order valence-electron chi connectivity index (χ3n) is 11.8. The van der Waals surface area contributed by atoms with Crippen molar-refractivity contribution in [2.24, 2.45) is 0 Å². The number of hydrogen-bond donors (Lipinski definition) is 2. The van der Waals surface area contributed by atoms with Gasteiger partial charge in [0, 0.05) is 33.0 Å². The van der Waals surface area contributed by atoms with E-state index in [0.717, 1.165) is 87.6 Å². The molecule has 2 N–H and O–H groups in total. The van der Waals surface area contributed by atoms with Gasteiger partial charge in [0.2, 0.25) is 0 Å². The van der Waals surface area contributed by atoms with Gasteiger partial charge in [0.05, 0.1) is 13.2 Å². The maximum Gasteiger partial charge on any atom is 0.128 e. The van der Waals surface area contributed by atoms with Crippen molar-refractivity contribution in [3.8, 4) is 56.8 Å². The van der Waals surface area contributed by atoms with Gasteiger partial charge < -0.3 is 38.6 Å². The number of aliphatic hydroxyl groups excluding tert-OH is 2. The van der Waals surface area contributed by atoms with Gasteiger partial charge in [-0.1, -0.05) is 146 Å². The lowest BCUT2D eigenvalue weighted by molar-refractivity contribution is 0.202. The SMILES string of the molecule is OCCOc1ccc2ccccc2c1-c1c(OCCOc2cccc3c(OCCOc4ccc5ccccc5c4-c4c(OCCO)ccc5ccccc45)cccc23)ccc2ccccc12. The molecule has 8 nitrogen and oxygen atoms in total. The van der Waals surface area contributed by atoms with Gasteiger partial charge in [-0.3, -0.25) is 0 Å². The van der Waals surface area contributed by atoms with Crippen molar-refractivity contribution >= 4 is 53.9 Å². The summed E-state index contributed by atoms with van der Waals surface area (Å²) in [6.45, 7) is 1.34. The summed E-state index contributed by atoms with van der Waals surface area (Å²) < 4.78 is 38.3. The van der Waals surface area contributed by atoms with Gasteiger partial charge in [-0.2, -0.15) is 0 Å². The molecule has 0 bridgehead atoms. The maximum atomic E-state index is 9.67. The molecule has 0 spiro atoms. The minimum atomic E-state index is -0.0936. The van der Waals surface area contributed by atoms with E-state index in [1.807, 2.05) is 121 Å². The van der Waals surface area contributed by atoms with Gasteiger partial charge in [0.15, 0.2) is 0 Å². The number of ether oxygens (including phenoxy) is 6. The lowest BCUT2D eigenvalue weighted by Gasteiger charge is -2.20. The van der Waals surface area contributed by atoms with Crippen LogP contribution in [-0.2, 0) is 0 Å². The lowest BCUT2D eigenvalue weighted by atomic mass is 9.92. The molecule has 10 aromatic carbocycles. The van der Waals surface area contributed by atoms with E-state index in [1.54, 1.807) is 0 Å². The molecule has 328 valence electrons. The Bertz CT molecular complexity index is 3100. The fourth-order valence-corrected chi connectivity index (χ4v) is 8.94. The summed E-state index contributed by atoms with van der Waals surface area (Å²) in [6, 6.07) is 61.1. The normalized spacial score (nSPS) is 11.4. The average molecular weight is 873 g/mol. The Kier molecular flexibility index (Phi) is 12.5. The number of aliphatic hydroxyl groups is 2. The van der Waals surface area contributed by atoms with Crippen LogP contribution in [0.25, 0.3) is 76.1 Å². The first-order valence-corrected chi connectivity index (χ1v) is 22.3. The molecule has 0 saturated heterocycles. The Balaban J connectivity index is 0.866. The Labute approximate surface area is 382 Å². The summed E-state index contributed by atoms with van der Waals surface area (Å²) in [4.78, 5) is 0. The van der Waals surface area contributed by atoms with Gasteiger partial charge in [0.1, 0.15) is 74.1 Å². The van der Waals surface area contributed by atoms with Crippen LogP contribution in [-0.4, -0.2) is 63.1 Å². The van der Waals surface area contributed by atoms with Gasteiger partial charge >= 0.3 is 0 Å². The zero-order chi connectivity index (χ0) is 44.7. The molecule has 0 aromatic heterocycles. The van der Waals surface area contributed by atoms with Gasteiger partial charge in [-0.25, -0.2) is 0 Å². The van der Waals surface area contributed by atoms with Crippen LogP contribution in [0.4, 0.5) is 0 Å². The van der Waals surface area contributed by atoms with E-state index < -0.39 is 0 Å². The molecular weight excluding hydrogens is 825 g/mol. The van der Waals surface area contributed by atoms with Crippen molar-refractivity contribution in [3.63, 3.8) is 0 Å². The predicted octanol–water partition coefficient (Wildman–Crippen LogP) is 12.4. The molecule has 0 radical (unpaired) electrons. The van der Waals surface area contributed by atoms with E-state index in [9.17, 15) is 10.2 Å². The average Bonchev–Trinajstić information content (AvgIpc) is 3.37. The molecule has 66 heavy (non-hydrogen) atoms. The monoisotopic (exact) mass is 872 g/mol. The van der Waals surface area contributed by atoms with Crippen molar-refractivity contribution < 1.29 is 38.6 Å². The summed E-state index contributed by atoms with van der Waals surface area (Å²) in [5, 5.41) is 29.6. The first-order chi connectivity index (χ1) is 32.7. The van der Waals surface area contributed by atoms with Crippen molar-refractivity contribution in [2.75, 3.05) is 52.9 Å². The second-order valence-corrected chi connectivity index (χ2v) is 15.8. The van der Waals surface area contributed by atoms with Gasteiger partial charge in [0.25, 0.3) is 0 Å². The topological polar surface area (TPSA) is 95.8 Å². The van der Waals surface area contributed by atoms with Crippen LogP contribution in [0.5, 0.6) is 34.5 Å². The molecule has 0 aliphatic rings. The van der Waals surface area contributed by atoms with Gasteiger partial charge in [-0.05, 0) is 79.5 Å². The molecule has 0 aliphatic carbocycles. The first-order valence-electron chi connectivity index (χ1n) is 22.3. The molecule has 0 amide bonds. The molecule has 0 aliphatic heterocycles.